The first kappa shape index (κ1) is 25.2. The normalized spacial score (nSPS) is 12.5. The summed E-state index contributed by atoms with van der Waals surface area (Å²) in [6.07, 6.45) is 2.42. The number of hydrogen-bond acceptors (Lipinski definition) is 1. The van der Waals surface area contributed by atoms with Crippen molar-refractivity contribution in [2.75, 3.05) is 0 Å². The summed E-state index contributed by atoms with van der Waals surface area (Å²) >= 11 is 2.94. The summed E-state index contributed by atoms with van der Waals surface area (Å²) in [4.78, 5) is 0. The molecular weight excluding hydrogens is 612 g/mol. The predicted molar refractivity (Wildman–Crippen MR) is 152 cm³/mol. The fourth-order valence-electron chi connectivity index (χ4n) is 3.92. The van der Waals surface area contributed by atoms with Gasteiger partial charge in [-0.2, -0.15) is 0 Å². The third-order valence-corrected chi connectivity index (χ3v) is 9.86. The van der Waals surface area contributed by atoms with E-state index in [-0.39, 0.29) is 0 Å². The summed E-state index contributed by atoms with van der Waals surface area (Å²) in [6.45, 7) is 6.82. The van der Waals surface area contributed by atoms with E-state index in [0.29, 0.717) is 0 Å². The SMILES string of the molecule is C[Si](C)(C)OC(/C=C(/[Te]c1ccccc1)c1ccc(Br)cc1)(c1ccccc1)c1ccccc1. The van der Waals surface area contributed by atoms with Gasteiger partial charge in [0.2, 0.25) is 0 Å². The van der Waals surface area contributed by atoms with Crippen molar-refractivity contribution < 1.29 is 4.43 Å². The van der Waals surface area contributed by atoms with Crippen molar-refractivity contribution in [1.29, 1.82) is 0 Å². The minimum absolute atomic E-state index is 0.658. The fourth-order valence-corrected chi connectivity index (χ4v) is 8.37. The van der Waals surface area contributed by atoms with Crippen LogP contribution in [0.3, 0.4) is 0 Å². The maximum atomic E-state index is 7.19. The van der Waals surface area contributed by atoms with Gasteiger partial charge in [0.15, 0.2) is 0 Å². The van der Waals surface area contributed by atoms with Gasteiger partial charge in [-0.15, -0.1) is 0 Å². The molecule has 0 bridgehead atoms. The first-order chi connectivity index (χ1) is 16.4. The van der Waals surface area contributed by atoms with Gasteiger partial charge in [-0.3, -0.25) is 0 Å². The topological polar surface area (TPSA) is 9.23 Å². The van der Waals surface area contributed by atoms with Crippen molar-refractivity contribution in [3.05, 3.63) is 143 Å². The maximum absolute atomic E-state index is 7.19. The Morgan fingerprint density at radius 2 is 1.18 bits per heavy atom. The van der Waals surface area contributed by atoms with Crippen LogP contribution in [0, 0.1) is 0 Å². The van der Waals surface area contributed by atoms with E-state index in [9.17, 15) is 0 Å². The molecule has 4 rings (SSSR count). The van der Waals surface area contributed by atoms with E-state index in [1.807, 2.05) is 0 Å². The minimum atomic E-state index is -1.96. The summed E-state index contributed by atoms with van der Waals surface area (Å²) in [5, 5.41) is 0. The van der Waals surface area contributed by atoms with Crippen LogP contribution in [0.5, 0.6) is 0 Å². The Labute approximate surface area is 223 Å². The molecule has 0 aromatic heterocycles. The molecule has 0 aliphatic heterocycles. The Balaban J connectivity index is 1.99. The molecule has 34 heavy (non-hydrogen) atoms. The summed E-state index contributed by atoms with van der Waals surface area (Å²) < 4.78 is 11.1. The summed E-state index contributed by atoms with van der Waals surface area (Å²) in [6, 6.07) is 41.0. The second-order valence-corrected chi connectivity index (χ2v) is 17.6. The van der Waals surface area contributed by atoms with Crippen LogP contribution in [0.25, 0.3) is 3.62 Å². The van der Waals surface area contributed by atoms with Gasteiger partial charge < -0.3 is 0 Å². The summed E-state index contributed by atoms with van der Waals surface area (Å²) in [5.41, 5.74) is 2.93. The standard InChI is InChI=1S/C30H29BrOSiTe/c1-33(2,3)32-30(25-13-7-4-8-14-25,26-15-9-5-10-16-26)23-29(24-19-21-27(31)22-20-24)34-28-17-11-6-12-18-28/h4-23H,1-3H3/b29-23+. The molecule has 0 fully saturated rings. The molecule has 0 spiro atoms. The molecule has 4 aromatic rings. The van der Waals surface area contributed by atoms with Crippen LogP contribution in [0.15, 0.2) is 126 Å². The Bertz CT molecular complexity index is 1180. The van der Waals surface area contributed by atoms with Crippen LogP contribution in [-0.2, 0) is 10.0 Å². The molecule has 4 aromatic carbocycles. The molecular formula is C30H29BrOSiTe. The van der Waals surface area contributed by atoms with E-state index in [2.05, 4.69) is 157 Å². The van der Waals surface area contributed by atoms with Crippen molar-refractivity contribution in [3.63, 3.8) is 0 Å². The molecule has 0 N–H and O–H groups in total. The Hall–Kier alpha value is -1.93. The molecule has 0 amide bonds. The predicted octanol–water partition coefficient (Wildman–Crippen LogP) is 7.62. The second kappa shape index (κ2) is 11.2. The summed E-state index contributed by atoms with van der Waals surface area (Å²) in [5.74, 6) is 0. The van der Waals surface area contributed by atoms with E-state index in [1.165, 1.54) is 23.9 Å². The van der Waals surface area contributed by atoms with Gasteiger partial charge in [0.1, 0.15) is 0 Å². The molecule has 4 heteroatoms. The third kappa shape index (κ3) is 6.39. The van der Waals surface area contributed by atoms with Gasteiger partial charge in [-0.05, 0) is 0 Å². The van der Waals surface area contributed by atoms with Crippen molar-refractivity contribution in [2.45, 2.75) is 25.2 Å². The van der Waals surface area contributed by atoms with Gasteiger partial charge in [0.25, 0.3) is 0 Å². The van der Waals surface area contributed by atoms with Crippen molar-refractivity contribution in [2.24, 2.45) is 0 Å². The monoisotopic (exact) mass is 642 g/mol. The molecule has 1 nitrogen and oxygen atoms in total. The van der Waals surface area contributed by atoms with E-state index in [1.54, 1.807) is 0 Å². The zero-order valence-electron chi connectivity index (χ0n) is 19.7. The molecule has 172 valence electrons. The Kier molecular flexibility index (Phi) is 8.29. The van der Waals surface area contributed by atoms with Gasteiger partial charge in [-0.1, -0.05) is 0 Å². The Morgan fingerprint density at radius 3 is 1.65 bits per heavy atom. The van der Waals surface area contributed by atoms with Gasteiger partial charge in [0, 0.05) is 0 Å². The van der Waals surface area contributed by atoms with E-state index in [4.69, 9.17) is 4.43 Å². The first-order valence-corrected chi connectivity index (χ1v) is 17.9. The Morgan fingerprint density at radius 1 is 0.706 bits per heavy atom. The number of halogens is 1. The third-order valence-electron chi connectivity index (χ3n) is 5.31. The average molecular weight is 641 g/mol. The molecule has 0 atom stereocenters. The van der Waals surface area contributed by atoms with Crippen molar-refractivity contribution >= 4 is 52.4 Å². The quantitative estimate of drug-likeness (QED) is 0.180. The van der Waals surface area contributed by atoms with E-state index in [0.717, 1.165) is 4.47 Å². The van der Waals surface area contributed by atoms with Gasteiger partial charge in [-0.25, -0.2) is 0 Å². The molecule has 0 unspecified atom stereocenters. The van der Waals surface area contributed by atoms with Gasteiger partial charge >= 0.3 is 225 Å². The van der Waals surface area contributed by atoms with Crippen LogP contribution in [0.4, 0.5) is 0 Å². The summed E-state index contributed by atoms with van der Waals surface area (Å²) in [7, 11) is -1.96. The number of hydrogen-bond donors (Lipinski definition) is 0. The van der Waals surface area contributed by atoms with Crippen LogP contribution >= 0.6 is 15.9 Å². The molecule has 0 radical (unpaired) electrons. The van der Waals surface area contributed by atoms with Crippen LogP contribution in [0.1, 0.15) is 16.7 Å². The van der Waals surface area contributed by atoms with Gasteiger partial charge in [0.05, 0.1) is 0 Å². The molecule has 0 aliphatic carbocycles. The molecule has 0 heterocycles. The number of rotatable bonds is 8. The zero-order chi connectivity index (χ0) is 24.0. The van der Waals surface area contributed by atoms with E-state index >= 15 is 0 Å². The first-order valence-electron chi connectivity index (χ1n) is 11.4. The number of benzene rings is 4. The van der Waals surface area contributed by atoms with Crippen LogP contribution in [0.2, 0.25) is 19.6 Å². The van der Waals surface area contributed by atoms with Crippen LogP contribution in [-0.4, -0.2) is 29.2 Å². The van der Waals surface area contributed by atoms with Crippen molar-refractivity contribution in [3.8, 4) is 0 Å². The average Bonchev–Trinajstić information content (AvgIpc) is 2.84. The fraction of sp³-hybridized carbons (Fsp3) is 0.133. The second-order valence-electron chi connectivity index (χ2n) is 9.11. The van der Waals surface area contributed by atoms with Crippen molar-refractivity contribution in [1.82, 2.24) is 0 Å². The van der Waals surface area contributed by atoms with Crippen LogP contribution < -0.4 is 3.61 Å². The molecule has 0 saturated carbocycles. The molecule has 0 saturated heterocycles. The van der Waals surface area contributed by atoms with E-state index < -0.39 is 34.8 Å². The molecule has 0 aliphatic rings. The zero-order valence-corrected chi connectivity index (χ0v) is 24.7.